The van der Waals surface area contributed by atoms with Crippen LogP contribution >= 0.6 is 59.1 Å². The van der Waals surface area contributed by atoms with Crippen LogP contribution in [0, 0.1) is 11.6 Å². The van der Waals surface area contributed by atoms with E-state index in [1.165, 1.54) is 17.4 Å². The Kier molecular flexibility index (Phi) is 5.16. The average molecular weight is 476 g/mol. The minimum absolute atomic E-state index is 0.120. The third-order valence-corrected chi connectivity index (χ3v) is 5.63. The summed E-state index contributed by atoms with van der Waals surface area (Å²) >= 11 is 11.3. The zero-order valence-corrected chi connectivity index (χ0v) is 15.2. The highest BCUT2D eigenvalue weighted by Gasteiger charge is 2.22. The second kappa shape index (κ2) is 6.30. The summed E-state index contributed by atoms with van der Waals surface area (Å²) in [5.74, 6) is -0.941. The number of benzene rings is 1. The topological polar surface area (TPSA) is 12.0 Å². The minimum Gasteiger partial charge on any atom is -0.309 e. The SMILES string of the molecule is CNC(c1cc(F)c(Br)cc1F)c1cc(Br)sc1Br. The van der Waals surface area contributed by atoms with Gasteiger partial charge in [-0.2, -0.15) is 0 Å². The molecular formula is C12H8Br3F2NS. The molecule has 0 saturated heterocycles. The third-order valence-electron chi connectivity index (χ3n) is 2.63. The van der Waals surface area contributed by atoms with Gasteiger partial charge in [0, 0.05) is 5.56 Å². The van der Waals surface area contributed by atoms with Crippen molar-refractivity contribution in [2.24, 2.45) is 0 Å². The maximum Gasteiger partial charge on any atom is 0.137 e. The Balaban J connectivity index is 2.54. The fraction of sp³-hybridized carbons (Fsp3) is 0.167. The molecule has 0 amide bonds. The number of hydrogen-bond acceptors (Lipinski definition) is 2. The van der Waals surface area contributed by atoms with E-state index in [0.29, 0.717) is 0 Å². The predicted octanol–water partition coefficient (Wildman–Crippen LogP) is 5.62. The highest BCUT2D eigenvalue weighted by atomic mass is 79.9. The molecule has 7 heteroatoms. The van der Waals surface area contributed by atoms with E-state index in [2.05, 4.69) is 53.1 Å². The van der Waals surface area contributed by atoms with Crippen LogP contribution in [0.15, 0.2) is 30.2 Å². The normalized spacial score (nSPS) is 12.7. The number of hydrogen-bond donors (Lipinski definition) is 1. The van der Waals surface area contributed by atoms with Crippen molar-refractivity contribution in [3.63, 3.8) is 0 Å². The molecule has 2 rings (SSSR count). The van der Waals surface area contributed by atoms with Crippen LogP contribution in [0.5, 0.6) is 0 Å². The second-order valence-electron chi connectivity index (χ2n) is 3.79. The molecule has 0 saturated carbocycles. The molecule has 0 fully saturated rings. The molecule has 0 aliphatic rings. The minimum atomic E-state index is -0.484. The van der Waals surface area contributed by atoms with Gasteiger partial charge in [-0.3, -0.25) is 0 Å². The van der Waals surface area contributed by atoms with E-state index in [9.17, 15) is 8.78 Å². The van der Waals surface area contributed by atoms with Gasteiger partial charge in [0.2, 0.25) is 0 Å². The molecule has 0 aliphatic heterocycles. The lowest BCUT2D eigenvalue weighted by Gasteiger charge is -2.17. The first-order valence-electron chi connectivity index (χ1n) is 5.20. The maximum atomic E-state index is 14.0. The van der Waals surface area contributed by atoms with Crippen molar-refractivity contribution in [2.45, 2.75) is 6.04 Å². The molecule has 1 N–H and O–H groups in total. The van der Waals surface area contributed by atoms with Gasteiger partial charge in [0.15, 0.2) is 0 Å². The summed E-state index contributed by atoms with van der Waals surface area (Å²) in [4.78, 5) is 0. The summed E-state index contributed by atoms with van der Waals surface area (Å²) in [5, 5.41) is 3.01. The first-order valence-corrected chi connectivity index (χ1v) is 8.40. The Labute approximate surface area is 138 Å². The predicted molar refractivity (Wildman–Crippen MR) is 84.7 cm³/mol. The van der Waals surface area contributed by atoms with E-state index >= 15 is 0 Å². The molecule has 0 spiro atoms. The highest BCUT2D eigenvalue weighted by molar-refractivity contribution is 9.12. The Morgan fingerprint density at radius 1 is 1.05 bits per heavy atom. The summed E-state index contributed by atoms with van der Waals surface area (Å²) in [6.45, 7) is 0. The molecule has 0 radical (unpaired) electrons. The monoisotopic (exact) mass is 473 g/mol. The van der Waals surface area contributed by atoms with Gasteiger partial charge >= 0.3 is 0 Å². The quantitative estimate of drug-likeness (QED) is 0.568. The van der Waals surface area contributed by atoms with Gasteiger partial charge in [0.25, 0.3) is 0 Å². The smallest absolute Gasteiger partial charge is 0.137 e. The summed E-state index contributed by atoms with van der Waals surface area (Å²) in [5.41, 5.74) is 1.13. The van der Waals surface area contributed by atoms with E-state index in [-0.39, 0.29) is 10.0 Å². The van der Waals surface area contributed by atoms with Crippen LogP contribution in [0.3, 0.4) is 0 Å². The Bertz CT molecular complexity index is 615. The summed E-state index contributed by atoms with van der Waals surface area (Å²) in [7, 11) is 1.71. The first-order chi connectivity index (χ1) is 8.93. The fourth-order valence-corrected chi connectivity index (χ4v) is 5.01. The van der Waals surface area contributed by atoms with Crippen molar-refractivity contribution in [1.29, 1.82) is 0 Å². The Morgan fingerprint density at radius 2 is 1.74 bits per heavy atom. The zero-order valence-electron chi connectivity index (χ0n) is 9.61. The van der Waals surface area contributed by atoms with Crippen molar-refractivity contribution in [2.75, 3.05) is 7.05 Å². The van der Waals surface area contributed by atoms with Crippen molar-refractivity contribution in [3.05, 3.63) is 53.0 Å². The van der Waals surface area contributed by atoms with E-state index in [1.807, 2.05) is 6.07 Å². The maximum absolute atomic E-state index is 14.0. The van der Waals surface area contributed by atoms with Gasteiger partial charge < -0.3 is 5.32 Å². The number of rotatable bonds is 3. The van der Waals surface area contributed by atoms with Crippen LogP contribution in [0.2, 0.25) is 0 Å². The molecule has 1 atom stereocenters. The molecule has 19 heavy (non-hydrogen) atoms. The van der Waals surface area contributed by atoms with Crippen LogP contribution in [0.1, 0.15) is 17.2 Å². The van der Waals surface area contributed by atoms with Crippen LogP contribution < -0.4 is 5.32 Å². The Morgan fingerprint density at radius 3 is 2.26 bits per heavy atom. The molecule has 1 aromatic carbocycles. The van der Waals surface area contributed by atoms with Crippen molar-refractivity contribution < 1.29 is 8.78 Å². The molecule has 1 nitrogen and oxygen atoms in total. The van der Waals surface area contributed by atoms with Gasteiger partial charge in [-0.05, 0) is 78.6 Å². The second-order valence-corrected chi connectivity index (χ2v) is 8.39. The van der Waals surface area contributed by atoms with Gasteiger partial charge in [0.1, 0.15) is 11.6 Å². The lowest BCUT2D eigenvalue weighted by Crippen LogP contribution is -2.19. The van der Waals surface area contributed by atoms with Gasteiger partial charge in [-0.25, -0.2) is 8.78 Å². The van der Waals surface area contributed by atoms with Crippen molar-refractivity contribution in [3.8, 4) is 0 Å². The van der Waals surface area contributed by atoms with E-state index in [0.717, 1.165) is 19.2 Å². The molecule has 102 valence electrons. The molecule has 0 aliphatic carbocycles. The Hall–Kier alpha value is 0.180. The van der Waals surface area contributed by atoms with E-state index < -0.39 is 17.7 Å². The van der Waals surface area contributed by atoms with Crippen molar-refractivity contribution >= 4 is 59.1 Å². The van der Waals surface area contributed by atoms with Gasteiger partial charge in [0.05, 0.1) is 18.1 Å². The zero-order chi connectivity index (χ0) is 14.2. The average Bonchev–Trinajstić information content (AvgIpc) is 2.66. The van der Waals surface area contributed by atoms with Crippen LogP contribution in [-0.4, -0.2) is 7.05 Å². The summed E-state index contributed by atoms with van der Waals surface area (Å²) in [6.07, 6.45) is 0. The third kappa shape index (κ3) is 3.26. The molecule has 1 aromatic heterocycles. The van der Waals surface area contributed by atoms with Gasteiger partial charge in [-0.1, -0.05) is 0 Å². The van der Waals surface area contributed by atoms with Crippen molar-refractivity contribution in [1.82, 2.24) is 5.32 Å². The van der Waals surface area contributed by atoms with Gasteiger partial charge in [-0.15, -0.1) is 11.3 Å². The summed E-state index contributed by atoms with van der Waals surface area (Å²) < 4.78 is 29.6. The molecule has 1 unspecified atom stereocenters. The lowest BCUT2D eigenvalue weighted by atomic mass is 10.0. The number of halogens is 5. The van der Waals surface area contributed by atoms with Crippen LogP contribution in [0.4, 0.5) is 8.78 Å². The van der Waals surface area contributed by atoms with Crippen LogP contribution in [0.25, 0.3) is 0 Å². The number of nitrogens with one attached hydrogen (secondary N) is 1. The van der Waals surface area contributed by atoms with E-state index in [4.69, 9.17) is 0 Å². The molecule has 2 aromatic rings. The summed E-state index contributed by atoms with van der Waals surface area (Å²) in [6, 6.07) is 3.82. The first kappa shape index (κ1) is 15.6. The largest absolute Gasteiger partial charge is 0.309 e. The molecular weight excluding hydrogens is 468 g/mol. The molecule has 1 heterocycles. The lowest BCUT2D eigenvalue weighted by molar-refractivity contribution is 0.554. The fourth-order valence-electron chi connectivity index (χ4n) is 1.79. The molecule has 0 bridgehead atoms. The van der Waals surface area contributed by atoms with E-state index in [1.54, 1.807) is 7.05 Å². The standard InChI is InChI=1S/C12H8Br3F2NS/c1-18-11(6-3-10(14)19-12(6)15)5-2-9(17)7(13)4-8(5)16/h2-4,11,18H,1H3. The highest BCUT2D eigenvalue weighted by Crippen LogP contribution is 2.38. The van der Waals surface area contributed by atoms with Crippen LogP contribution in [-0.2, 0) is 0 Å². The number of thiophene rings is 1.